The summed E-state index contributed by atoms with van der Waals surface area (Å²) >= 11 is 0. The number of phenols is 2. The van der Waals surface area contributed by atoms with Gasteiger partial charge in [0, 0.05) is 31.9 Å². The smallest absolute Gasteiger partial charge is 0.188 e. The van der Waals surface area contributed by atoms with Gasteiger partial charge in [-0.05, 0) is 51.5 Å². The predicted octanol–water partition coefficient (Wildman–Crippen LogP) is 5.45. The van der Waals surface area contributed by atoms with Crippen LogP contribution in [0.2, 0.25) is 0 Å². The molecule has 0 saturated carbocycles. The summed E-state index contributed by atoms with van der Waals surface area (Å²) in [5, 5.41) is 22.2. The summed E-state index contributed by atoms with van der Waals surface area (Å²) in [6, 6.07) is 4.79. The molecule has 0 aliphatic rings. The van der Waals surface area contributed by atoms with E-state index in [-0.39, 0.29) is 25.1 Å². The summed E-state index contributed by atoms with van der Waals surface area (Å²) in [4.78, 5) is 0. The third-order valence-electron chi connectivity index (χ3n) is 4.66. The zero-order chi connectivity index (χ0) is 22.1. The molecule has 164 valence electrons. The molecule has 0 bridgehead atoms. The van der Waals surface area contributed by atoms with Gasteiger partial charge in [-0.2, -0.15) is 0 Å². The van der Waals surface area contributed by atoms with Crippen molar-refractivity contribution in [1.29, 1.82) is 0 Å². The van der Waals surface area contributed by atoms with Crippen molar-refractivity contribution in [2.45, 2.75) is 40.0 Å². The van der Waals surface area contributed by atoms with Crippen LogP contribution in [-0.4, -0.2) is 38.0 Å². The van der Waals surface area contributed by atoms with Crippen LogP contribution in [0.5, 0.6) is 23.0 Å². The van der Waals surface area contributed by atoms with E-state index in [0.29, 0.717) is 34.3 Å². The minimum absolute atomic E-state index is 0.0157. The van der Waals surface area contributed by atoms with Crippen molar-refractivity contribution in [2.24, 2.45) is 0 Å². The maximum atomic E-state index is 10.6. The molecule has 30 heavy (non-hydrogen) atoms. The molecule has 0 amide bonds. The summed E-state index contributed by atoms with van der Waals surface area (Å²) in [6.07, 6.45) is 6.76. The molecule has 2 N–H and O–H groups in total. The van der Waals surface area contributed by atoms with E-state index in [9.17, 15) is 10.2 Å². The number of aromatic hydroxyl groups is 2. The first-order valence-corrected chi connectivity index (χ1v) is 9.91. The Morgan fingerprint density at radius 1 is 0.900 bits per heavy atom. The van der Waals surface area contributed by atoms with Crippen molar-refractivity contribution in [3.63, 3.8) is 0 Å². The highest BCUT2D eigenvalue weighted by atomic mass is 16.7. The highest BCUT2D eigenvalue weighted by Gasteiger charge is 2.17. The second-order valence-electron chi connectivity index (χ2n) is 7.41. The zero-order valence-corrected chi connectivity index (χ0v) is 18.4. The van der Waals surface area contributed by atoms with Gasteiger partial charge in [-0.1, -0.05) is 23.3 Å². The third-order valence-corrected chi connectivity index (χ3v) is 4.66. The maximum Gasteiger partial charge on any atom is 0.188 e. The normalized spacial score (nSPS) is 11.6. The van der Waals surface area contributed by atoms with Gasteiger partial charge in [0.15, 0.2) is 13.6 Å². The highest BCUT2D eigenvalue weighted by molar-refractivity contribution is 5.98. The minimum Gasteiger partial charge on any atom is -0.507 e. The Hall–Kier alpha value is -2.70. The van der Waals surface area contributed by atoms with Crippen LogP contribution >= 0.6 is 0 Å². The Morgan fingerprint density at radius 2 is 1.60 bits per heavy atom. The summed E-state index contributed by atoms with van der Waals surface area (Å²) in [5.74, 6) is 0.865. The molecule has 6 nitrogen and oxygen atoms in total. The molecular formula is C24H32O6. The van der Waals surface area contributed by atoms with Gasteiger partial charge in [-0.3, -0.25) is 0 Å². The number of hydrogen-bond acceptors (Lipinski definition) is 6. The molecular weight excluding hydrogens is 384 g/mol. The van der Waals surface area contributed by atoms with Gasteiger partial charge in [-0.25, -0.2) is 0 Å². The lowest BCUT2D eigenvalue weighted by Crippen LogP contribution is -2.03. The fourth-order valence-corrected chi connectivity index (χ4v) is 3.15. The number of fused-ring (bicyclic) bond motifs is 1. The van der Waals surface area contributed by atoms with Gasteiger partial charge in [0.1, 0.15) is 23.0 Å². The Balaban J connectivity index is 2.48. The van der Waals surface area contributed by atoms with E-state index in [4.69, 9.17) is 18.9 Å². The van der Waals surface area contributed by atoms with Gasteiger partial charge < -0.3 is 29.2 Å². The maximum absolute atomic E-state index is 10.6. The first-order valence-electron chi connectivity index (χ1n) is 9.91. The average molecular weight is 417 g/mol. The molecule has 0 saturated heterocycles. The van der Waals surface area contributed by atoms with E-state index in [1.807, 2.05) is 0 Å². The third kappa shape index (κ3) is 6.40. The predicted molar refractivity (Wildman–Crippen MR) is 118 cm³/mol. The van der Waals surface area contributed by atoms with Crippen LogP contribution in [0, 0.1) is 0 Å². The number of methoxy groups -OCH3 is 2. The molecule has 0 radical (unpaired) electrons. The summed E-state index contributed by atoms with van der Waals surface area (Å²) in [6.45, 7) is 6.34. The lowest BCUT2D eigenvalue weighted by Gasteiger charge is -2.16. The summed E-state index contributed by atoms with van der Waals surface area (Å²) < 4.78 is 21.2. The SMILES string of the molecule is COCOc1cc(OCOC)c2c(O)cc(O)c(C/C=C(\C)CCC=C(C)C)c2c1. The lowest BCUT2D eigenvalue weighted by molar-refractivity contribution is 0.0468. The van der Waals surface area contributed by atoms with E-state index in [2.05, 4.69) is 32.9 Å². The molecule has 0 heterocycles. The van der Waals surface area contributed by atoms with Crippen LogP contribution in [0.15, 0.2) is 41.5 Å². The Kier molecular flexibility index (Phi) is 9.02. The van der Waals surface area contributed by atoms with Crippen molar-refractivity contribution >= 4 is 10.8 Å². The van der Waals surface area contributed by atoms with Crippen LogP contribution in [0.1, 0.15) is 39.2 Å². The fourth-order valence-electron chi connectivity index (χ4n) is 3.15. The number of phenolic OH excluding ortho intramolecular Hbond substituents is 2. The Morgan fingerprint density at radius 3 is 2.27 bits per heavy atom. The van der Waals surface area contributed by atoms with Crippen molar-refractivity contribution in [3.05, 3.63) is 47.1 Å². The van der Waals surface area contributed by atoms with Gasteiger partial charge in [-0.15, -0.1) is 0 Å². The highest BCUT2D eigenvalue weighted by Crippen LogP contribution is 2.43. The molecule has 0 fully saturated rings. The van der Waals surface area contributed by atoms with Gasteiger partial charge in [0.05, 0.1) is 5.39 Å². The summed E-state index contributed by atoms with van der Waals surface area (Å²) in [5.41, 5.74) is 3.22. The zero-order valence-electron chi connectivity index (χ0n) is 18.4. The quantitative estimate of drug-likeness (QED) is 0.375. The van der Waals surface area contributed by atoms with Crippen molar-refractivity contribution in [3.8, 4) is 23.0 Å². The monoisotopic (exact) mass is 416 g/mol. The van der Waals surface area contributed by atoms with Crippen LogP contribution in [0.4, 0.5) is 0 Å². The van der Waals surface area contributed by atoms with Crippen LogP contribution < -0.4 is 9.47 Å². The van der Waals surface area contributed by atoms with Gasteiger partial charge in [0.2, 0.25) is 0 Å². The van der Waals surface area contributed by atoms with Gasteiger partial charge in [0.25, 0.3) is 0 Å². The molecule has 2 rings (SSSR count). The lowest BCUT2D eigenvalue weighted by atomic mass is 9.97. The second-order valence-corrected chi connectivity index (χ2v) is 7.41. The van der Waals surface area contributed by atoms with E-state index < -0.39 is 0 Å². The van der Waals surface area contributed by atoms with Crippen molar-refractivity contribution in [1.82, 2.24) is 0 Å². The van der Waals surface area contributed by atoms with Crippen molar-refractivity contribution < 1.29 is 29.2 Å². The minimum atomic E-state index is -0.0695. The number of allylic oxidation sites excluding steroid dienone is 4. The number of hydrogen-bond donors (Lipinski definition) is 2. The van der Waals surface area contributed by atoms with Gasteiger partial charge >= 0.3 is 0 Å². The first-order chi connectivity index (χ1) is 14.4. The summed E-state index contributed by atoms with van der Waals surface area (Å²) in [7, 11) is 3.06. The average Bonchev–Trinajstić information content (AvgIpc) is 2.69. The molecule has 2 aromatic carbocycles. The van der Waals surface area contributed by atoms with E-state index >= 15 is 0 Å². The topological polar surface area (TPSA) is 77.4 Å². The van der Waals surface area contributed by atoms with Crippen LogP contribution in [0.3, 0.4) is 0 Å². The molecule has 0 unspecified atom stereocenters. The number of ether oxygens (including phenoxy) is 4. The van der Waals surface area contributed by atoms with E-state index in [0.717, 1.165) is 12.8 Å². The van der Waals surface area contributed by atoms with Crippen molar-refractivity contribution in [2.75, 3.05) is 27.8 Å². The molecule has 0 aromatic heterocycles. The van der Waals surface area contributed by atoms with Crippen LogP contribution in [0.25, 0.3) is 10.8 Å². The second kappa shape index (κ2) is 11.5. The molecule has 0 aliphatic carbocycles. The first kappa shape index (κ1) is 23.6. The number of rotatable bonds is 11. The van der Waals surface area contributed by atoms with E-state index in [1.165, 1.54) is 31.4 Å². The Labute approximate surface area is 178 Å². The molecule has 0 atom stereocenters. The van der Waals surface area contributed by atoms with Crippen LogP contribution in [-0.2, 0) is 15.9 Å². The number of benzene rings is 2. The van der Waals surface area contributed by atoms with E-state index in [1.54, 1.807) is 12.1 Å². The largest absolute Gasteiger partial charge is 0.507 e. The molecule has 0 spiro atoms. The molecule has 0 aliphatic heterocycles. The standard InChI is InChI=1S/C24H32O6/c1-16(2)7-6-8-17(3)9-10-19-20-11-18(29-14-27-4)12-23(30-15-28-5)24(20)22(26)13-21(19)25/h7,9,11-13,25-26H,6,8,10,14-15H2,1-5H3/b17-9+. The molecule has 2 aromatic rings. The fraction of sp³-hybridized carbons (Fsp3) is 0.417. The Bertz CT molecular complexity index is 910. The molecule has 6 heteroatoms.